The summed E-state index contributed by atoms with van der Waals surface area (Å²) >= 11 is 1.44. The summed E-state index contributed by atoms with van der Waals surface area (Å²) in [4.78, 5) is 17.8. The van der Waals surface area contributed by atoms with Gasteiger partial charge in [-0.15, -0.1) is 0 Å². The Morgan fingerprint density at radius 1 is 1.03 bits per heavy atom. The number of nitrogens with zero attached hydrogens (tertiary/aromatic N) is 3. The van der Waals surface area contributed by atoms with E-state index in [1.54, 1.807) is 24.6 Å². The number of aromatic nitrogens is 1. The molecule has 0 saturated heterocycles. The molecular formula is C28H21N3O2S. The molecule has 166 valence electrons. The van der Waals surface area contributed by atoms with Gasteiger partial charge in [0.05, 0.1) is 29.8 Å². The number of rotatable bonds is 6. The molecule has 0 aliphatic carbocycles. The van der Waals surface area contributed by atoms with Crippen LogP contribution in [0.15, 0.2) is 88.8 Å². The van der Waals surface area contributed by atoms with Gasteiger partial charge in [-0.2, -0.15) is 5.26 Å². The van der Waals surface area contributed by atoms with Crippen LogP contribution in [0.5, 0.6) is 0 Å². The molecule has 4 aromatic rings. The zero-order chi connectivity index (χ0) is 24.1. The van der Waals surface area contributed by atoms with Crippen LogP contribution in [-0.4, -0.2) is 17.1 Å². The molecule has 0 fully saturated rings. The molecule has 6 heteroatoms. The van der Waals surface area contributed by atoms with E-state index >= 15 is 0 Å². The summed E-state index contributed by atoms with van der Waals surface area (Å²) in [6.07, 6.45) is 0. The van der Waals surface area contributed by atoms with Gasteiger partial charge in [0, 0.05) is 17.5 Å². The summed E-state index contributed by atoms with van der Waals surface area (Å²) < 4.78 is 7.10. The molecule has 0 N–H and O–H groups in total. The van der Waals surface area contributed by atoms with Crippen molar-refractivity contribution >= 4 is 23.4 Å². The van der Waals surface area contributed by atoms with E-state index in [4.69, 9.17) is 11.3 Å². The lowest BCUT2D eigenvalue weighted by molar-refractivity contribution is 0.0515. The van der Waals surface area contributed by atoms with Gasteiger partial charge in [-0.25, -0.2) is 9.64 Å². The molecule has 5 nitrogen and oxygen atoms in total. The van der Waals surface area contributed by atoms with E-state index in [1.165, 1.54) is 11.8 Å². The maximum Gasteiger partial charge on any atom is 0.354 e. The Hall–Kier alpha value is -4.26. The SMILES string of the molecule is [C-]#[N+]c1c(-c2ccc(-c3ccccc3C#N)cc2)c(C(=O)OCC)n(C)c1Sc1ccccc1. The number of carbonyl (C=O) groups is 1. The molecule has 0 atom stereocenters. The first kappa shape index (κ1) is 22.9. The van der Waals surface area contributed by atoms with Crippen LogP contribution in [0.2, 0.25) is 0 Å². The zero-order valence-electron chi connectivity index (χ0n) is 18.8. The summed E-state index contributed by atoms with van der Waals surface area (Å²) in [6, 6.07) is 27.0. The third kappa shape index (κ3) is 4.32. The Kier molecular flexibility index (Phi) is 6.82. The molecule has 0 aliphatic heterocycles. The van der Waals surface area contributed by atoms with Crippen molar-refractivity contribution in [2.24, 2.45) is 7.05 Å². The lowest BCUT2D eigenvalue weighted by Gasteiger charge is -2.10. The second-order valence-electron chi connectivity index (χ2n) is 7.42. The molecule has 1 heterocycles. The summed E-state index contributed by atoms with van der Waals surface area (Å²) in [5.74, 6) is -0.469. The van der Waals surface area contributed by atoms with Gasteiger partial charge in [-0.05, 0) is 41.8 Å². The molecule has 0 amide bonds. The minimum absolute atomic E-state index is 0.238. The topological polar surface area (TPSA) is 59.4 Å². The van der Waals surface area contributed by atoms with Gasteiger partial charge in [0.15, 0.2) is 0 Å². The third-order valence-corrected chi connectivity index (χ3v) is 6.56. The molecule has 0 saturated carbocycles. The molecule has 4 rings (SSSR count). The predicted molar refractivity (Wildman–Crippen MR) is 134 cm³/mol. The predicted octanol–water partition coefficient (Wildman–Crippen LogP) is 7.11. The Labute approximate surface area is 203 Å². The summed E-state index contributed by atoms with van der Waals surface area (Å²) in [6.45, 7) is 9.93. The highest BCUT2D eigenvalue weighted by Gasteiger charge is 2.28. The first-order valence-electron chi connectivity index (χ1n) is 10.7. The van der Waals surface area contributed by atoms with Crippen LogP contribution in [-0.2, 0) is 11.8 Å². The maximum atomic E-state index is 13.0. The first-order valence-corrected chi connectivity index (χ1v) is 11.5. The van der Waals surface area contributed by atoms with Gasteiger partial charge >= 0.3 is 5.97 Å². The van der Waals surface area contributed by atoms with Crippen LogP contribution in [0.3, 0.4) is 0 Å². The molecule has 34 heavy (non-hydrogen) atoms. The van der Waals surface area contributed by atoms with E-state index < -0.39 is 5.97 Å². The minimum atomic E-state index is -0.469. The van der Waals surface area contributed by atoms with Gasteiger partial charge in [-0.1, -0.05) is 72.4 Å². The highest BCUT2D eigenvalue weighted by Crippen LogP contribution is 2.46. The van der Waals surface area contributed by atoms with Crippen LogP contribution < -0.4 is 0 Å². The van der Waals surface area contributed by atoms with E-state index in [0.717, 1.165) is 21.6 Å². The Morgan fingerprint density at radius 3 is 2.32 bits per heavy atom. The van der Waals surface area contributed by atoms with E-state index in [0.29, 0.717) is 27.5 Å². The van der Waals surface area contributed by atoms with Gasteiger partial charge in [-0.3, -0.25) is 0 Å². The second kappa shape index (κ2) is 10.1. The fraction of sp³-hybridized carbons (Fsp3) is 0.107. The fourth-order valence-corrected chi connectivity index (χ4v) is 4.82. The van der Waals surface area contributed by atoms with Crippen molar-refractivity contribution in [3.8, 4) is 28.3 Å². The Morgan fingerprint density at radius 2 is 1.68 bits per heavy atom. The van der Waals surface area contributed by atoms with Gasteiger partial charge in [0.1, 0.15) is 5.69 Å². The average molecular weight is 464 g/mol. The highest BCUT2D eigenvalue weighted by molar-refractivity contribution is 7.99. The normalized spacial score (nSPS) is 10.4. The van der Waals surface area contributed by atoms with Gasteiger partial charge in [0.25, 0.3) is 0 Å². The van der Waals surface area contributed by atoms with E-state index in [-0.39, 0.29) is 6.61 Å². The number of nitriles is 1. The number of carbonyl (C=O) groups excluding carboxylic acids is 1. The number of hydrogen-bond donors (Lipinski definition) is 0. The Bertz CT molecular complexity index is 1430. The lowest BCUT2D eigenvalue weighted by atomic mass is 9.97. The first-order chi connectivity index (χ1) is 16.6. The Balaban J connectivity index is 1.86. The van der Waals surface area contributed by atoms with E-state index in [9.17, 15) is 10.1 Å². The summed E-state index contributed by atoms with van der Waals surface area (Å²) in [5, 5.41) is 10.1. The molecule has 0 bridgehead atoms. The van der Waals surface area contributed by atoms with Crippen molar-refractivity contribution in [1.82, 2.24) is 4.57 Å². The van der Waals surface area contributed by atoms with Crippen molar-refractivity contribution in [2.45, 2.75) is 16.8 Å². The lowest BCUT2D eigenvalue weighted by Crippen LogP contribution is -2.11. The molecule has 0 spiro atoms. The number of esters is 1. The van der Waals surface area contributed by atoms with Crippen LogP contribution in [0, 0.1) is 17.9 Å². The van der Waals surface area contributed by atoms with Crippen LogP contribution in [0.1, 0.15) is 23.0 Å². The molecule has 0 unspecified atom stereocenters. The van der Waals surface area contributed by atoms with Crippen molar-refractivity contribution < 1.29 is 9.53 Å². The van der Waals surface area contributed by atoms with Crippen molar-refractivity contribution in [1.29, 1.82) is 5.26 Å². The fourth-order valence-electron chi connectivity index (χ4n) is 3.83. The van der Waals surface area contributed by atoms with E-state index in [1.807, 2.05) is 72.8 Å². The quantitative estimate of drug-likeness (QED) is 0.226. The highest BCUT2D eigenvalue weighted by atomic mass is 32.2. The van der Waals surface area contributed by atoms with Crippen molar-refractivity contribution in [2.75, 3.05) is 6.61 Å². The standard InChI is InChI=1S/C28H21N3O2S/c1-4-33-28(32)26-24(25(30-2)27(31(26)3)34-22-11-6-5-7-12-22)20-16-14-19(15-17-20)23-13-9-8-10-21(23)18-29/h5-17H,4H2,1,3H3. The van der Waals surface area contributed by atoms with Crippen LogP contribution >= 0.6 is 11.8 Å². The minimum Gasteiger partial charge on any atom is -0.461 e. The monoisotopic (exact) mass is 463 g/mol. The zero-order valence-corrected chi connectivity index (χ0v) is 19.6. The second-order valence-corrected chi connectivity index (χ2v) is 8.48. The number of hydrogen-bond acceptors (Lipinski definition) is 4. The molecule has 3 aromatic carbocycles. The summed E-state index contributed by atoms with van der Waals surface area (Å²) in [7, 11) is 1.78. The van der Waals surface area contributed by atoms with Crippen molar-refractivity contribution in [3.63, 3.8) is 0 Å². The van der Waals surface area contributed by atoms with Crippen LogP contribution in [0.25, 0.3) is 27.1 Å². The molecule has 0 radical (unpaired) electrons. The third-order valence-electron chi connectivity index (χ3n) is 5.39. The number of benzene rings is 3. The van der Waals surface area contributed by atoms with Gasteiger partial charge < -0.3 is 9.30 Å². The average Bonchev–Trinajstić information content (AvgIpc) is 3.16. The van der Waals surface area contributed by atoms with Crippen molar-refractivity contribution in [3.05, 3.63) is 102 Å². The largest absolute Gasteiger partial charge is 0.461 e. The summed E-state index contributed by atoms with van der Waals surface area (Å²) in [5.41, 5.74) is 4.35. The van der Waals surface area contributed by atoms with E-state index in [2.05, 4.69) is 10.9 Å². The molecule has 1 aromatic heterocycles. The smallest absolute Gasteiger partial charge is 0.354 e. The molecule has 0 aliphatic rings. The molecular weight excluding hydrogens is 442 g/mol. The maximum absolute atomic E-state index is 13.0. The van der Waals surface area contributed by atoms with Crippen LogP contribution in [0.4, 0.5) is 5.69 Å². The van der Waals surface area contributed by atoms with Gasteiger partial charge in [0.2, 0.25) is 5.69 Å². The number of ether oxygens (including phenoxy) is 1.